The van der Waals surface area contributed by atoms with Gasteiger partial charge in [0.05, 0.1) is 31.1 Å². The van der Waals surface area contributed by atoms with Gasteiger partial charge in [0.15, 0.2) is 0 Å². The first-order chi connectivity index (χ1) is 14.2. The molecule has 0 spiro atoms. The van der Waals surface area contributed by atoms with Crippen LogP contribution >= 0.6 is 0 Å². The summed E-state index contributed by atoms with van der Waals surface area (Å²) >= 11 is 0. The number of ether oxygens (including phenoxy) is 1. The van der Waals surface area contributed by atoms with Gasteiger partial charge in [0.2, 0.25) is 0 Å². The standard InChI is InChI=1S/C23H28N4O2/c1-2-29-22-11-7-6-10-21(22)26-16-14-25(15-17-26)18-23(28)27-13-12-20(24-27)19-8-4-3-5-9-19/h3-11H,2,12-18H2,1H3. The lowest BCUT2D eigenvalue weighted by Gasteiger charge is -2.36. The molecule has 0 saturated carbocycles. The Morgan fingerprint density at radius 1 is 0.966 bits per heavy atom. The number of anilines is 1. The largest absolute Gasteiger partial charge is 0.492 e. The van der Waals surface area contributed by atoms with E-state index in [2.05, 4.69) is 21.0 Å². The average Bonchev–Trinajstić information content (AvgIpc) is 3.26. The number of hydrazone groups is 1. The minimum atomic E-state index is 0.0825. The quantitative estimate of drug-likeness (QED) is 0.759. The average molecular weight is 393 g/mol. The molecule has 0 atom stereocenters. The van der Waals surface area contributed by atoms with Gasteiger partial charge in [-0.15, -0.1) is 0 Å². The number of hydrogen-bond acceptors (Lipinski definition) is 5. The highest BCUT2D eigenvalue weighted by Crippen LogP contribution is 2.28. The molecule has 6 heteroatoms. The maximum atomic E-state index is 12.7. The molecule has 29 heavy (non-hydrogen) atoms. The molecule has 1 saturated heterocycles. The Morgan fingerprint density at radius 3 is 2.45 bits per heavy atom. The number of rotatable bonds is 6. The maximum absolute atomic E-state index is 12.7. The Balaban J connectivity index is 1.31. The minimum Gasteiger partial charge on any atom is -0.492 e. The minimum absolute atomic E-state index is 0.0825. The monoisotopic (exact) mass is 392 g/mol. The van der Waals surface area contributed by atoms with E-state index in [0.29, 0.717) is 19.7 Å². The molecule has 0 N–H and O–H groups in total. The van der Waals surface area contributed by atoms with E-state index in [-0.39, 0.29) is 5.91 Å². The highest BCUT2D eigenvalue weighted by atomic mass is 16.5. The number of carbonyl (C=O) groups is 1. The van der Waals surface area contributed by atoms with Crippen molar-refractivity contribution in [2.24, 2.45) is 5.10 Å². The molecule has 2 aromatic carbocycles. The van der Waals surface area contributed by atoms with E-state index in [0.717, 1.165) is 55.3 Å². The van der Waals surface area contributed by atoms with Gasteiger partial charge in [-0.1, -0.05) is 42.5 Å². The molecule has 152 valence electrons. The summed E-state index contributed by atoms with van der Waals surface area (Å²) in [5, 5.41) is 6.20. The number of benzene rings is 2. The van der Waals surface area contributed by atoms with Crippen LogP contribution in [0.2, 0.25) is 0 Å². The van der Waals surface area contributed by atoms with E-state index in [1.807, 2.05) is 55.5 Å². The van der Waals surface area contributed by atoms with Gasteiger partial charge in [0.1, 0.15) is 5.75 Å². The van der Waals surface area contributed by atoms with Crippen molar-refractivity contribution in [2.45, 2.75) is 13.3 Å². The van der Waals surface area contributed by atoms with Crippen molar-refractivity contribution in [1.82, 2.24) is 9.91 Å². The van der Waals surface area contributed by atoms with Gasteiger partial charge in [-0.2, -0.15) is 5.10 Å². The van der Waals surface area contributed by atoms with Crippen molar-refractivity contribution in [3.63, 3.8) is 0 Å². The van der Waals surface area contributed by atoms with Crippen LogP contribution in [0.3, 0.4) is 0 Å². The van der Waals surface area contributed by atoms with Gasteiger partial charge in [-0.3, -0.25) is 9.69 Å². The second kappa shape index (κ2) is 9.09. The fourth-order valence-electron chi connectivity index (χ4n) is 3.89. The zero-order chi connectivity index (χ0) is 20.1. The van der Waals surface area contributed by atoms with E-state index in [9.17, 15) is 4.79 Å². The van der Waals surface area contributed by atoms with Crippen molar-refractivity contribution in [1.29, 1.82) is 0 Å². The van der Waals surface area contributed by atoms with Crippen molar-refractivity contribution in [3.05, 3.63) is 60.2 Å². The molecular formula is C23H28N4O2. The molecule has 1 amide bonds. The van der Waals surface area contributed by atoms with Gasteiger partial charge in [0, 0.05) is 32.6 Å². The number of amides is 1. The summed E-state index contributed by atoms with van der Waals surface area (Å²) in [4.78, 5) is 17.3. The van der Waals surface area contributed by atoms with Crippen molar-refractivity contribution in [3.8, 4) is 5.75 Å². The topological polar surface area (TPSA) is 48.4 Å². The van der Waals surface area contributed by atoms with Crippen molar-refractivity contribution < 1.29 is 9.53 Å². The number of nitrogens with zero attached hydrogens (tertiary/aromatic N) is 4. The molecule has 0 unspecified atom stereocenters. The first kappa shape index (κ1) is 19.5. The summed E-state index contributed by atoms with van der Waals surface area (Å²) in [6, 6.07) is 18.3. The van der Waals surface area contributed by atoms with Crippen LogP contribution in [0.4, 0.5) is 5.69 Å². The fraction of sp³-hybridized carbons (Fsp3) is 0.391. The third kappa shape index (κ3) is 4.59. The molecule has 6 nitrogen and oxygen atoms in total. The number of carbonyl (C=O) groups excluding carboxylic acids is 1. The van der Waals surface area contributed by atoms with Crippen molar-refractivity contribution >= 4 is 17.3 Å². The SMILES string of the molecule is CCOc1ccccc1N1CCN(CC(=O)N2CCC(c3ccccc3)=N2)CC1. The zero-order valence-corrected chi connectivity index (χ0v) is 17.0. The first-order valence-electron chi connectivity index (χ1n) is 10.4. The van der Waals surface area contributed by atoms with Crippen molar-refractivity contribution in [2.75, 3.05) is 50.8 Å². The Kier molecular flexibility index (Phi) is 6.10. The van der Waals surface area contributed by atoms with Crippen LogP contribution in [-0.4, -0.2) is 67.4 Å². The van der Waals surface area contributed by atoms with E-state index in [4.69, 9.17) is 4.74 Å². The lowest BCUT2D eigenvalue weighted by molar-refractivity contribution is -0.132. The smallest absolute Gasteiger partial charge is 0.256 e. The molecule has 0 bridgehead atoms. The maximum Gasteiger partial charge on any atom is 0.256 e. The Morgan fingerprint density at radius 2 is 1.69 bits per heavy atom. The summed E-state index contributed by atoms with van der Waals surface area (Å²) < 4.78 is 5.76. The van der Waals surface area contributed by atoms with Gasteiger partial charge in [-0.25, -0.2) is 5.01 Å². The molecule has 2 aromatic rings. The summed E-state index contributed by atoms with van der Waals surface area (Å²) in [6.07, 6.45) is 0.817. The summed E-state index contributed by atoms with van der Waals surface area (Å²) in [5.74, 6) is 1.01. The van der Waals surface area contributed by atoms with Crippen LogP contribution in [0.5, 0.6) is 5.75 Å². The van der Waals surface area contributed by atoms with Gasteiger partial charge < -0.3 is 9.64 Å². The number of piperazine rings is 1. The third-order valence-electron chi connectivity index (χ3n) is 5.43. The van der Waals surface area contributed by atoms with Crippen LogP contribution in [0.25, 0.3) is 0 Å². The van der Waals surface area contributed by atoms with Crippen LogP contribution in [0.1, 0.15) is 18.9 Å². The van der Waals surface area contributed by atoms with Crippen LogP contribution in [0.15, 0.2) is 59.7 Å². The number of hydrogen-bond donors (Lipinski definition) is 0. The van der Waals surface area contributed by atoms with Crippen LogP contribution in [-0.2, 0) is 4.79 Å². The van der Waals surface area contributed by atoms with Crippen LogP contribution < -0.4 is 9.64 Å². The lowest BCUT2D eigenvalue weighted by Crippen LogP contribution is -2.49. The normalized spacial score (nSPS) is 17.3. The second-order valence-corrected chi connectivity index (χ2v) is 7.34. The predicted octanol–water partition coefficient (Wildman–Crippen LogP) is 2.84. The molecule has 4 rings (SSSR count). The molecule has 0 radical (unpaired) electrons. The summed E-state index contributed by atoms with van der Waals surface area (Å²) in [7, 11) is 0. The highest BCUT2D eigenvalue weighted by molar-refractivity contribution is 6.02. The van der Waals surface area contributed by atoms with E-state index in [1.54, 1.807) is 5.01 Å². The van der Waals surface area contributed by atoms with E-state index < -0.39 is 0 Å². The predicted molar refractivity (Wildman–Crippen MR) is 116 cm³/mol. The fourth-order valence-corrected chi connectivity index (χ4v) is 3.89. The second-order valence-electron chi connectivity index (χ2n) is 7.34. The summed E-state index contributed by atoms with van der Waals surface area (Å²) in [5.41, 5.74) is 3.23. The highest BCUT2D eigenvalue weighted by Gasteiger charge is 2.26. The zero-order valence-electron chi connectivity index (χ0n) is 17.0. The van der Waals surface area contributed by atoms with Gasteiger partial charge in [-0.05, 0) is 24.6 Å². The molecule has 0 aliphatic carbocycles. The van der Waals surface area contributed by atoms with E-state index in [1.165, 1.54) is 0 Å². The Bertz CT molecular complexity index is 860. The molecule has 1 fully saturated rings. The molecular weight excluding hydrogens is 364 g/mol. The third-order valence-corrected chi connectivity index (χ3v) is 5.43. The molecule has 2 aliphatic heterocycles. The molecule has 0 aromatic heterocycles. The number of para-hydroxylation sites is 2. The van der Waals surface area contributed by atoms with E-state index >= 15 is 0 Å². The summed E-state index contributed by atoms with van der Waals surface area (Å²) in [6.45, 7) is 7.24. The Labute approximate surface area is 172 Å². The lowest BCUT2D eigenvalue weighted by atomic mass is 10.1. The molecule has 2 aliphatic rings. The molecule has 2 heterocycles. The Hall–Kier alpha value is -2.86. The van der Waals surface area contributed by atoms with Crippen LogP contribution in [0, 0.1) is 0 Å². The van der Waals surface area contributed by atoms with Gasteiger partial charge >= 0.3 is 0 Å². The first-order valence-corrected chi connectivity index (χ1v) is 10.4. The van der Waals surface area contributed by atoms with Gasteiger partial charge in [0.25, 0.3) is 5.91 Å².